The highest BCUT2D eigenvalue weighted by Gasteiger charge is 2.19. The third-order valence-corrected chi connectivity index (χ3v) is 11.4. The van der Waals surface area contributed by atoms with Gasteiger partial charge < -0.3 is 14.2 Å². The molecule has 0 amide bonds. The van der Waals surface area contributed by atoms with Crippen molar-refractivity contribution in [1.29, 1.82) is 0 Å². The largest absolute Gasteiger partial charge is 0.462 e. The average Bonchev–Trinajstić information content (AvgIpc) is 3.30. The monoisotopic (exact) mass is 905 g/mol. The number of allylic oxidation sites excluding steroid dienone is 14. The van der Waals surface area contributed by atoms with Crippen LogP contribution in [0.25, 0.3) is 0 Å². The molecule has 372 valence electrons. The summed E-state index contributed by atoms with van der Waals surface area (Å²) in [7, 11) is 0. The molecule has 0 heterocycles. The molecular weight excluding hydrogens is 805 g/mol. The zero-order valence-electron chi connectivity index (χ0n) is 42.5. The van der Waals surface area contributed by atoms with Gasteiger partial charge in [-0.2, -0.15) is 0 Å². The molecule has 0 aliphatic rings. The first-order valence-electron chi connectivity index (χ1n) is 27.1. The maximum atomic E-state index is 12.8. The van der Waals surface area contributed by atoms with E-state index in [0.717, 1.165) is 122 Å². The molecule has 6 nitrogen and oxygen atoms in total. The number of hydrogen-bond donors (Lipinski definition) is 0. The first-order valence-corrected chi connectivity index (χ1v) is 27.1. The molecule has 0 radical (unpaired) electrons. The van der Waals surface area contributed by atoms with E-state index in [0.29, 0.717) is 19.3 Å². The molecule has 0 spiro atoms. The van der Waals surface area contributed by atoms with Gasteiger partial charge in [0, 0.05) is 19.3 Å². The van der Waals surface area contributed by atoms with E-state index in [-0.39, 0.29) is 31.1 Å². The van der Waals surface area contributed by atoms with Gasteiger partial charge in [0.1, 0.15) is 13.2 Å². The Morgan fingerprint density at radius 2 is 0.600 bits per heavy atom. The van der Waals surface area contributed by atoms with Gasteiger partial charge in [-0.05, 0) is 109 Å². The summed E-state index contributed by atoms with van der Waals surface area (Å²) in [6.07, 6.45) is 68.5. The standard InChI is InChI=1S/C59H100O6/c1-4-7-10-13-16-19-22-25-28-30-32-34-37-40-43-46-49-52-58(61)64-55-56(54-63-57(60)51-48-45-42-39-36-33-27-24-21-18-15-12-9-6-3)65-59(62)53-50-47-44-41-38-35-31-29-26-23-20-17-14-11-8-5-2/h8-9,11-12,17-18,20-21,25-29,33,56H,4-7,10,13-16,19,22-24,30-32,34-55H2,1-3H3/b11-8-,12-9-,20-17-,21-18-,28-25-,29-26-,33-27-. The van der Waals surface area contributed by atoms with Crippen LogP contribution < -0.4 is 0 Å². The second-order valence-corrected chi connectivity index (χ2v) is 17.7. The lowest BCUT2D eigenvalue weighted by Gasteiger charge is -2.18. The van der Waals surface area contributed by atoms with E-state index in [2.05, 4.69) is 106 Å². The van der Waals surface area contributed by atoms with E-state index in [1.165, 1.54) is 89.9 Å². The molecule has 0 aromatic rings. The number of unbranched alkanes of at least 4 members (excludes halogenated alkanes) is 23. The van der Waals surface area contributed by atoms with Crippen molar-refractivity contribution in [1.82, 2.24) is 0 Å². The van der Waals surface area contributed by atoms with Crippen molar-refractivity contribution < 1.29 is 28.6 Å². The molecule has 0 fully saturated rings. The summed E-state index contributed by atoms with van der Waals surface area (Å²) < 4.78 is 16.8. The van der Waals surface area contributed by atoms with Crippen LogP contribution in [0.15, 0.2) is 85.1 Å². The van der Waals surface area contributed by atoms with Crippen LogP contribution in [0, 0.1) is 0 Å². The minimum atomic E-state index is -0.795. The minimum Gasteiger partial charge on any atom is -0.462 e. The lowest BCUT2D eigenvalue weighted by atomic mass is 10.1. The summed E-state index contributed by atoms with van der Waals surface area (Å²) >= 11 is 0. The smallest absolute Gasteiger partial charge is 0.306 e. The van der Waals surface area contributed by atoms with Gasteiger partial charge in [-0.15, -0.1) is 0 Å². The second-order valence-electron chi connectivity index (χ2n) is 17.7. The van der Waals surface area contributed by atoms with Crippen molar-refractivity contribution in [2.24, 2.45) is 0 Å². The lowest BCUT2D eigenvalue weighted by Crippen LogP contribution is -2.30. The van der Waals surface area contributed by atoms with Crippen LogP contribution in [0.3, 0.4) is 0 Å². The quantitative estimate of drug-likeness (QED) is 0.0262. The fourth-order valence-electron chi connectivity index (χ4n) is 7.35. The molecule has 0 aliphatic heterocycles. The van der Waals surface area contributed by atoms with Crippen LogP contribution in [-0.4, -0.2) is 37.2 Å². The number of carbonyl (C=O) groups is 3. The van der Waals surface area contributed by atoms with E-state index < -0.39 is 6.10 Å². The zero-order chi connectivity index (χ0) is 47.2. The van der Waals surface area contributed by atoms with E-state index in [9.17, 15) is 14.4 Å². The number of rotatable bonds is 48. The molecule has 0 N–H and O–H groups in total. The van der Waals surface area contributed by atoms with Crippen molar-refractivity contribution in [2.45, 2.75) is 258 Å². The highest BCUT2D eigenvalue weighted by Crippen LogP contribution is 2.14. The molecule has 1 unspecified atom stereocenters. The van der Waals surface area contributed by atoms with Crippen LogP contribution in [0.2, 0.25) is 0 Å². The van der Waals surface area contributed by atoms with E-state index in [1.807, 2.05) is 0 Å². The summed E-state index contributed by atoms with van der Waals surface area (Å²) in [5, 5.41) is 0. The molecular formula is C59H100O6. The summed E-state index contributed by atoms with van der Waals surface area (Å²) in [4.78, 5) is 38.1. The van der Waals surface area contributed by atoms with Crippen molar-refractivity contribution >= 4 is 17.9 Å². The zero-order valence-corrected chi connectivity index (χ0v) is 42.5. The Labute approximate surface area is 401 Å². The summed E-state index contributed by atoms with van der Waals surface area (Å²) in [6, 6.07) is 0. The SMILES string of the molecule is CC/C=C\C/C=C\C/C=C\CCCCCCCCC(=O)OC(COC(=O)CCCCCC/C=C\C/C=C\C/C=C\CC)COC(=O)CCCCCCCCC/C=C\CCCCCCCC. The number of ether oxygens (including phenoxy) is 3. The molecule has 0 aromatic carbocycles. The van der Waals surface area contributed by atoms with Gasteiger partial charge in [-0.3, -0.25) is 14.4 Å². The fraction of sp³-hybridized carbons (Fsp3) is 0.712. The van der Waals surface area contributed by atoms with Gasteiger partial charge in [0.05, 0.1) is 0 Å². The molecule has 0 saturated heterocycles. The van der Waals surface area contributed by atoms with Gasteiger partial charge >= 0.3 is 17.9 Å². The van der Waals surface area contributed by atoms with E-state index >= 15 is 0 Å². The third kappa shape index (κ3) is 51.4. The van der Waals surface area contributed by atoms with Crippen LogP contribution in [0.1, 0.15) is 252 Å². The fourth-order valence-corrected chi connectivity index (χ4v) is 7.35. The number of esters is 3. The van der Waals surface area contributed by atoms with Gasteiger partial charge in [0.15, 0.2) is 6.10 Å². The van der Waals surface area contributed by atoms with Crippen molar-refractivity contribution in [3.8, 4) is 0 Å². The highest BCUT2D eigenvalue weighted by atomic mass is 16.6. The Balaban J connectivity index is 4.44. The normalized spacial score (nSPS) is 12.7. The molecule has 0 saturated carbocycles. The maximum Gasteiger partial charge on any atom is 0.306 e. The first-order chi connectivity index (χ1) is 32.0. The van der Waals surface area contributed by atoms with Crippen LogP contribution >= 0.6 is 0 Å². The summed E-state index contributed by atoms with van der Waals surface area (Å²) in [5.41, 5.74) is 0. The maximum absolute atomic E-state index is 12.8. The van der Waals surface area contributed by atoms with Crippen molar-refractivity contribution in [3.05, 3.63) is 85.1 Å². The first kappa shape index (κ1) is 61.6. The Morgan fingerprint density at radius 3 is 0.954 bits per heavy atom. The third-order valence-electron chi connectivity index (χ3n) is 11.4. The second kappa shape index (κ2) is 53.2. The summed E-state index contributed by atoms with van der Waals surface area (Å²) in [5.74, 6) is -0.930. The summed E-state index contributed by atoms with van der Waals surface area (Å²) in [6.45, 7) is 6.38. The van der Waals surface area contributed by atoms with E-state index in [1.54, 1.807) is 0 Å². The Kier molecular flexibility index (Phi) is 50.4. The van der Waals surface area contributed by atoms with Crippen LogP contribution in [-0.2, 0) is 28.6 Å². The van der Waals surface area contributed by atoms with Gasteiger partial charge in [0.25, 0.3) is 0 Å². The highest BCUT2D eigenvalue weighted by molar-refractivity contribution is 5.71. The predicted octanol–water partition coefficient (Wildman–Crippen LogP) is 18.0. The van der Waals surface area contributed by atoms with Crippen molar-refractivity contribution in [2.75, 3.05) is 13.2 Å². The molecule has 0 aliphatic carbocycles. The lowest BCUT2D eigenvalue weighted by molar-refractivity contribution is -0.167. The topological polar surface area (TPSA) is 78.9 Å². The molecule has 65 heavy (non-hydrogen) atoms. The Morgan fingerprint density at radius 1 is 0.323 bits per heavy atom. The van der Waals surface area contributed by atoms with Crippen molar-refractivity contribution in [3.63, 3.8) is 0 Å². The van der Waals surface area contributed by atoms with Crippen LogP contribution in [0.4, 0.5) is 0 Å². The van der Waals surface area contributed by atoms with Crippen LogP contribution in [0.5, 0.6) is 0 Å². The Hall–Kier alpha value is -3.41. The number of carbonyl (C=O) groups excluding carboxylic acids is 3. The molecule has 6 heteroatoms. The molecule has 0 bridgehead atoms. The molecule has 0 aromatic heterocycles. The minimum absolute atomic E-state index is 0.0918. The predicted molar refractivity (Wildman–Crippen MR) is 279 cm³/mol. The van der Waals surface area contributed by atoms with E-state index in [4.69, 9.17) is 14.2 Å². The van der Waals surface area contributed by atoms with Gasteiger partial charge in [-0.25, -0.2) is 0 Å². The molecule has 0 rings (SSSR count). The average molecular weight is 905 g/mol. The van der Waals surface area contributed by atoms with Gasteiger partial charge in [0.2, 0.25) is 0 Å². The number of hydrogen-bond acceptors (Lipinski definition) is 6. The molecule has 1 atom stereocenters. The Bertz CT molecular complexity index is 1270. The van der Waals surface area contributed by atoms with Gasteiger partial charge in [-0.1, -0.05) is 209 Å².